The van der Waals surface area contributed by atoms with E-state index in [2.05, 4.69) is 13.8 Å². The molecule has 0 aliphatic rings. The normalized spacial score (nSPS) is 15.8. The minimum Gasteiger partial charge on any atom is -0.375 e. The molecular formula is C13H29NO4S2. The molecule has 0 heterocycles. The highest BCUT2D eigenvalue weighted by atomic mass is 32.2. The quantitative estimate of drug-likeness (QED) is 0.544. The van der Waals surface area contributed by atoms with Gasteiger partial charge in [0.15, 0.2) is 0 Å². The molecule has 122 valence electrons. The molecule has 2 atom stereocenters. The van der Waals surface area contributed by atoms with Crippen molar-refractivity contribution in [3.8, 4) is 0 Å². The predicted molar refractivity (Wildman–Crippen MR) is 85.6 cm³/mol. The largest absolute Gasteiger partial charge is 0.375 e. The predicted octanol–water partition coefficient (Wildman–Crippen LogP) is 2.18. The SMILES string of the molecule is CCC(CC)OCC(CN(C)S(C)(=O)=O)OC(C)SC. The summed E-state index contributed by atoms with van der Waals surface area (Å²) in [7, 11) is -1.64. The Morgan fingerprint density at radius 3 is 2.15 bits per heavy atom. The molecule has 0 spiro atoms. The zero-order chi connectivity index (χ0) is 15.8. The van der Waals surface area contributed by atoms with Crippen molar-refractivity contribution in [1.29, 1.82) is 0 Å². The Kier molecular flexibility index (Phi) is 10.1. The summed E-state index contributed by atoms with van der Waals surface area (Å²) in [6.45, 7) is 6.84. The van der Waals surface area contributed by atoms with Crippen LogP contribution in [-0.4, -0.2) is 63.1 Å². The van der Waals surface area contributed by atoms with Crippen molar-refractivity contribution in [2.75, 3.05) is 32.7 Å². The number of thioether (sulfide) groups is 1. The molecule has 0 aromatic rings. The third-order valence-electron chi connectivity index (χ3n) is 3.17. The molecule has 0 aromatic carbocycles. The number of ether oxygens (including phenoxy) is 2. The van der Waals surface area contributed by atoms with Crippen LogP contribution in [0.1, 0.15) is 33.6 Å². The third kappa shape index (κ3) is 8.46. The van der Waals surface area contributed by atoms with Gasteiger partial charge < -0.3 is 9.47 Å². The summed E-state index contributed by atoms with van der Waals surface area (Å²) in [5, 5.41) is 0. The van der Waals surface area contributed by atoms with Crippen LogP contribution in [0.25, 0.3) is 0 Å². The monoisotopic (exact) mass is 327 g/mol. The van der Waals surface area contributed by atoms with Gasteiger partial charge in [0.2, 0.25) is 10.0 Å². The third-order valence-corrected chi connectivity index (χ3v) is 5.23. The number of hydrogen-bond acceptors (Lipinski definition) is 5. The first-order chi connectivity index (χ1) is 9.24. The first-order valence-electron chi connectivity index (χ1n) is 6.95. The molecule has 7 heteroatoms. The molecular weight excluding hydrogens is 298 g/mol. The minimum atomic E-state index is -3.20. The Bertz CT molecular complexity index is 344. The van der Waals surface area contributed by atoms with Crippen LogP contribution in [0.4, 0.5) is 0 Å². The summed E-state index contributed by atoms with van der Waals surface area (Å²) in [5.74, 6) is 0. The van der Waals surface area contributed by atoms with Gasteiger partial charge in [0, 0.05) is 13.6 Å². The van der Waals surface area contributed by atoms with E-state index < -0.39 is 10.0 Å². The van der Waals surface area contributed by atoms with E-state index in [9.17, 15) is 8.42 Å². The fraction of sp³-hybridized carbons (Fsp3) is 1.00. The van der Waals surface area contributed by atoms with E-state index in [1.54, 1.807) is 18.8 Å². The topological polar surface area (TPSA) is 55.8 Å². The molecule has 0 aliphatic carbocycles. The average molecular weight is 328 g/mol. The summed E-state index contributed by atoms with van der Waals surface area (Å²) in [6.07, 6.45) is 5.01. The summed E-state index contributed by atoms with van der Waals surface area (Å²) in [5.41, 5.74) is 0.0123. The second-order valence-corrected chi connectivity index (χ2v) is 8.10. The van der Waals surface area contributed by atoms with Gasteiger partial charge in [-0.2, -0.15) is 0 Å². The smallest absolute Gasteiger partial charge is 0.211 e. The summed E-state index contributed by atoms with van der Waals surface area (Å²) >= 11 is 1.59. The number of sulfonamides is 1. The van der Waals surface area contributed by atoms with Crippen LogP contribution in [0.2, 0.25) is 0 Å². The Morgan fingerprint density at radius 1 is 1.20 bits per heavy atom. The van der Waals surface area contributed by atoms with Crippen molar-refractivity contribution in [3.05, 3.63) is 0 Å². The second-order valence-electron chi connectivity index (χ2n) is 4.88. The maximum Gasteiger partial charge on any atom is 0.211 e. The van der Waals surface area contributed by atoms with Crippen molar-refractivity contribution >= 4 is 21.8 Å². The Hall–Kier alpha value is 0.180. The molecule has 20 heavy (non-hydrogen) atoms. The van der Waals surface area contributed by atoms with Crippen molar-refractivity contribution in [1.82, 2.24) is 4.31 Å². The van der Waals surface area contributed by atoms with E-state index in [0.717, 1.165) is 12.8 Å². The van der Waals surface area contributed by atoms with Gasteiger partial charge in [-0.15, -0.1) is 11.8 Å². The van der Waals surface area contributed by atoms with E-state index in [1.807, 2.05) is 13.2 Å². The molecule has 0 N–H and O–H groups in total. The highest BCUT2D eigenvalue weighted by Crippen LogP contribution is 2.13. The van der Waals surface area contributed by atoms with Crippen LogP contribution < -0.4 is 0 Å². The van der Waals surface area contributed by atoms with Gasteiger partial charge in [0.1, 0.15) is 5.44 Å². The maximum atomic E-state index is 11.5. The fourth-order valence-corrected chi connectivity index (χ4v) is 2.36. The van der Waals surface area contributed by atoms with E-state index >= 15 is 0 Å². The van der Waals surface area contributed by atoms with Gasteiger partial charge in [-0.1, -0.05) is 13.8 Å². The molecule has 0 rings (SSSR count). The first kappa shape index (κ1) is 20.2. The molecule has 0 amide bonds. The van der Waals surface area contributed by atoms with Gasteiger partial charge in [-0.3, -0.25) is 0 Å². The number of likely N-dealkylation sites (N-methyl/N-ethyl adjacent to an activating group) is 1. The van der Waals surface area contributed by atoms with Crippen LogP contribution >= 0.6 is 11.8 Å². The van der Waals surface area contributed by atoms with Crippen LogP contribution in [0.5, 0.6) is 0 Å². The van der Waals surface area contributed by atoms with Crippen molar-refractivity contribution in [2.24, 2.45) is 0 Å². The lowest BCUT2D eigenvalue weighted by Crippen LogP contribution is -2.39. The minimum absolute atomic E-state index is 0.0123. The van der Waals surface area contributed by atoms with Crippen LogP contribution in [-0.2, 0) is 19.5 Å². The lowest BCUT2D eigenvalue weighted by atomic mass is 10.2. The maximum absolute atomic E-state index is 11.5. The summed E-state index contributed by atoms with van der Waals surface area (Å²) in [4.78, 5) is 0. The number of nitrogens with zero attached hydrogens (tertiary/aromatic N) is 1. The highest BCUT2D eigenvalue weighted by Gasteiger charge is 2.21. The van der Waals surface area contributed by atoms with E-state index in [1.165, 1.54) is 10.6 Å². The van der Waals surface area contributed by atoms with Crippen LogP contribution in [0, 0.1) is 0 Å². The Morgan fingerprint density at radius 2 is 1.75 bits per heavy atom. The second kappa shape index (κ2) is 10.00. The van der Waals surface area contributed by atoms with Crippen molar-refractivity contribution < 1.29 is 17.9 Å². The summed E-state index contributed by atoms with van der Waals surface area (Å²) in [6, 6.07) is 0. The fourth-order valence-electron chi connectivity index (χ4n) is 1.65. The van der Waals surface area contributed by atoms with Gasteiger partial charge in [0.05, 0.1) is 25.1 Å². The molecule has 0 fully saturated rings. The lowest BCUT2D eigenvalue weighted by molar-refractivity contribution is -0.0540. The van der Waals surface area contributed by atoms with Crippen LogP contribution in [0.3, 0.4) is 0 Å². The van der Waals surface area contributed by atoms with Gasteiger partial charge in [-0.25, -0.2) is 12.7 Å². The molecule has 2 unspecified atom stereocenters. The molecule has 5 nitrogen and oxygen atoms in total. The zero-order valence-corrected chi connectivity index (χ0v) is 15.1. The van der Waals surface area contributed by atoms with Crippen molar-refractivity contribution in [2.45, 2.75) is 51.3 Å². The standard InChI is InChI=1S/C13H29NO4S2/c1-7-12(8-2)17-10-13(18-11(3)19-5)9-14(4)20(6,15)16/h11-13H,7-10H2,1-6H3. The lowest BCUT2D eigenvalue weighted by Gasteiger charge is -2.26. The molecule has 0 aromatic heterocycles. The number of rotatable bonds is 11. The van der Waals surface area contributed by atoms with E-state index in [4.69, 9.17) is 9.47 Å². The van der Waals surface area contributed by atoms with Gasteiger partial charge in [0.25, 0.3) is 0 Å². The zero-order valence-electron chi connectivity index (χ0n) is 13.5. The Labute approximate surface area is 128 Å². The number of hydrogen-bond donors (Lipinski definition) is 0. The van der Waals surface area contributed by atoms with Crippen LogP contribution in [0.15, 0.2) is 0 Å². The van der Waals surface area contributed by atoms with Gasteiger partial charge >= 0.3 is 0 Å². The molecule has 0 radical (unpaired) electrons. The Balaban J connectivity index is 4.56. The van der Waals surface area contributed by atoms with Gasteiger partial charge in [-0.05, 0) is 26.0 Å². The molecule has 0 aliphatic heterocycles. The summed E-state index contributed by atoms with van der Waals surface area (Å²) < 4.78 is 35.9. The molecule has 0 bridgehead atoms. The first-order valence-corrected chi connectivity index (χ1v) is 10.1. The molecule has 0 saturated carbocycles. The molecule has 0 saturated heterocycles. The van der Waals surface area contributed by atoms with E-state index in [-0.39, 0.29) is 17.6 Å². The average Bonchev–Trinajstić information content (AvgIpc) is 2.38. The van der Waals surface area contributed by atoms with Crippen molar-refractivity contribution in [3.63, 3.8) is 0 Å². The van der Waals surface area contributed by atoms with E-state index in [0.29, 0.717) is 13.2 Å². The highest BCUT2D eigenvalue weighted by molar-refractivity contribution is 7.99.